The zero-order chi connectivity index (χ0) is 12.4. The van der Waals surface area contributed by atoms with Crippen molar-refractivity contribution in [1.82, 2.24) is 14.7 Å². The minimum Gasteiger partial charge on any atom is -0.481 e. The lowest BCUT2D eigenvalue weighted by Crippen LogP contribution is -2.22. The van der Waals surface area contributed by atoms with E-state index in [1.807, 2.05) is 7.05 Å². The van der Waals surface area contributed by atoms with E-state index in [1.165, 1.54) is 0 Å². The van der Waals surface area contributed by atoms with Crippen molar-refractivity contribution >= 4 is 0 Å². The van der Waals surface area contributed by atoms with Crippen LogP contribution in [0.3, 0.4) is 0 Å². The molecule has 5 nitrogen and oxygen atoms in total. The van der Waals surface area contributed by atoms with Crippen molar-refractivity contribution in [3.63, 3.8) is 0 Å². The molecule has 0 radical (unpaired) electrons. The molecular weight excluding hydrogens is 218 g/mol. The first kappa shape index (κ1) is 12.4. The summed E-state index contributed by atoms with van der Waals surface area (Å²) in [6, 6.07) is 0. The molecule has 0 amide bonds. The average Bonchev–Trinajstić information content (AvgIpc) is 2.83. The Morgan fingerprint density at radius 2 is 2.29 bits per heavy atom. The first-order valence-electron chi connectivity index (χ1n) is 6.14. The quantitative estimate of drug-likeness (QED) is 0.834. The van der Waals surface area contributed by atoms with Crippen molar-refractivity contribution in [2.45, 2.75) is 32.4 Å². The molecule has 1 aliphatic heterocycles. The Hall–Kier alpha value is -1.07. The molecule has 96 valence electrons. The van der Waals surface area contributed by atoms with Gasteiger partial charge in [0.15, 0.2) is 0 Å². The number of aliphatic hydroxyl groups excluding tert-OH is 1. The Morgan fingerprint density at radius 3 is 2.82 bits per heavy atom. The maximum atomic E-state index is 9.54. The lowest BCUT2D eigenvalue weighted by Gasteiger charge is -2.15. The third-order valence-corrected chi connectivity index (χ3v) is 3.33. The van der Waals surface area contributed by atoms with Gasteiger partial charge in [0.25, 0.3) is 0 Å². The van der Waals surface area contributed by atoms with Gasteiger partial charge in [-0.05, 0) is 12.8 Å². The zero-order valence-electron chi connectivity index (χ0n) is 10.8. The molecule has 0 saturated carbocycles. The van der Waals surface area contributed by atoms with Gasteiger partial charge >= 0.3 is 0 Å². The molecule has 2 rings (SSSR count). The Labute approximate surface area is 102 Å². The van der Waals surface area contributed by atoms with Gasteiger partial charge in [0.2, 0.25) is 5.88 Å². The van der Waals surface area contributed by atoms with Crippen LogP contribution in [0.5, 0.6) is 5.88 Å². The minimum absolute atomic E-state index is 0.178. The second-order valence-corrected chi connectivity index (χ2v) is 4.59. The molecule has 1 aliphatic rings. The summed E-state index contributed by atoms with van der Waals surface area (Å²) in [6.45, 7) is 4.62. The maximum Gasteiger partial charge on any atom is 0.216 e. The van der Waals surface area contributed by atoms with Crippen molar-refractivity contribution in [3.05, 3.63) is 11.3 Å². The van der Waals surface area contributed by atoms with Crippen molar-refractivity contribution in [2.24, 2.45) is 7.05 Å². The highest BCUT2D eigenvalue weighted by Crippen LogP contribution is 2.25. The number of aromatic nitrogens is 2. The molecule has 0 bridgehead atoms. The number of hydrogen-bond acceptors (Lipinski definition) is 4. The first-order valence-corrected chi connectivity index (χ1v) is 6.14. The smallest absolute Gasteiger partial charge is 0.216 e. The van der Waals surface area contributed by atoms with Gasteiger partial charge in [-0.3, -0.25) is 4.90 Å². The standard InChI is InChI=1S/C12H21N3O2/c1-4-11-10(12(17-3)14(2)13-11)8-15-6-5-9(16)7-15/h9,16H,4-8H2,1-3H3/t9-/m1/s1. The van der Waals surface area contributed by atoms with E-state index in [-0.39, 0.29) is 6.10 Å². The van der Waals surface area contributed by atoms with Crippen molar-refractivity contribution in [1.29, 1.82) is 0 Å². The molecule has 0 spiro atoms. The molecule has 5 heteroatoms. The SMILES string of the molecule is CCc1nn(C)c(OC)c1CN1CC[C@@H](O)C1. The molecule has 1 aromatic rings. The van der Waals surface area contributed by atoms with Gasteiger partial charge in [0, 0.05) is 26.7 Å². The Bertz CT molecular complexity index is 389. The van der Waals surface area contributed by atoms with E-state index < -0.39 is 0 Å². The summed E-state index contributed by atoms with van der Waals surface area (Å²) >= 11 is 0. The van der Waals surface area contributed by atoms with Crippen molar-refractivity contribution in [2.75, 3.05) is 20.2 Å². The normalized spacial score (nSPS) is 21.1. The van der Waals surface area contributed by atoms with Gasteiger partial charge in [0.05, 0.1) is 24.5 Å². The van der Waals surface area contributed by atoms with E-state index in [2.05, 4.69) is 16.9 Å². The largest absolute Gasteiger partial charge is 0.481 e. The molecule has 0 unspecified atom stereocenters. The third kappa shape index (κ3) is 2.45. The second-order valence-electron chi connectivity index (χ2n) is 4.59. The molecule has 0 aromatic carbocycles. The third-order valence-electron chi connectivity index (χ3n) is 3.33. The van der Waals surface area contributed by atoms with Gasteiger partial charge in [0.1, 0.15) is 0 Å². The topological polar surface area (TPSA) is 50.5 Å². The van der Waals surface area contributed by atoms with Crippen LogP contribution in [0.2, 0.25) is 0 Å². The number of likely N-dealkylation sites (tertiary alicyclic amines) is 1. The molecule has 2 heterocycles. The summed E-state index contributed by atoms with van der Waals surface area (Å²) in [5.41, 5.74) is 2.25. The van der Waals surface area contributed by atoms with E-state index in [0.717, 1.165) is 49.6 Å². The molecule has 1 saturated heterocycles. The van der Waals surface area contributed by atoms with Gasteiger partial charge in [-0.15, -0.1) is 0 Å². The van der Waals surface area contributed by atoms with Crippen LogP contribution in [-0.2, 0) is 20.0 Å². The molecule has 1 aromatic heterocycles. The van der Waals surface area contributed by atoms with E-state index in [1.54, 1.807) is 11.8 Å². The lowest BCUT2D eigenvalue weighted by molar-refractivity contribution is 0.174. The van der Waals surface area contributed by atoms with E-state index in [4.69, 9.17) is 4.74 Å². The number of aryl methyl sites for hydroxylation is 2. The summed E-state index contributed by atoms with van der Waals surface area (Å²) in [7, 11) is 3.58. The van der Waals surface area contributed by atoms with Crippen LogP contribution in [0.25, 0.3) is 0 Å². The Kier molecular flexibility index (Phi) is 3.69. The number of ether oxygens (including phenoxy) is 1. The number of nitrogens with zero attached hydrogens (tertiary/aromatic N) is 3. The van der Waals surface area contributed by atoms with Gasteiger partial charge < -0.3 is 9.84 Å². The summed E-state index contributed by atoms with van der Waals surface area (Å²) in [4.78, 5) is 2.25. The van der Waals surface area contributed by atoms with Crippen LogP contribution in [0.15, 0.2) is 0 Å². The van der Waals surface area contributed by atoms with Crippen LogP contribution in [0.4, 0.5) is 0 Å². The van der Waals surface area contributed by atoms with Crippen LogP contribution in [-0.4, -0.2) is 46.1 Å². The predicted octanol–water partition coefficient (Wildman–Crippen LogP) is 0.558. The number of methoxy groups -OCH3 is 1. The highest BCUT2D eigenvalue weighted by atomic mass is 16.5. The Morgan fingerprint density at radius 1 is 1.53 bits per heavy atom. The van der Waals surface area contributed by atoms with Crippen LogP contribution >= 0.6 is 0 Å². The maximum absolute atomic E-state index is 9.54. The lowest BCUT2D eigenvalue weighted by atomic mass is 10.2. The monoisotopic (exact) mass is 239 g/mol. The molecule has 1 atom stereocenters. The Balaban J connectivity index is 2.18. The fraction of sp³-hybridized carbons (Fsp3) is 0.750. The van der Waals surface area contributed by atoms with Gasteiger partial charge in [-0.25, -0.2) is 4.68 Å². The summed E-state index contributed by atoms with van der Waals surface area (Å²) < 4.78 is 7.20. The number of β-amino-alcohol motifs (C(OH)–C–C–N with tert-alkyl or cyclic N) is 1. The fourth-order valence-electron chi connectivity index (χ4n) is 2.48. The fourth-order valence-corrected chi connectivity index (χ4v) is 2.48. The number of hydrogen-bond donors (Lipinski definition) is 1. The van der Waals surface area contributed by atoms with Crippen LogP contribution in [0.1, 0.15) is 24.6 Å². The summed E-state index contributed by atoms with van der Waals surface area (Å²) in [6.07, 6.45) is 1.59. The van der Waals surface area contributed by atoms with E-state index in [0.29, 0.717) is 0 Å². The first-order chi connectivity index (χ1) is 8.15. The number of rotatable bonds is 4. The molecule has 1 fully saturated rings. The highest BCUT2D eigenvalue weighted by Gasteiger charge is 2.24. The molecule has 1 N–H and O–H groups in total. The molecule has 17 heavy (non-hydrogen) atoms. The van der Waals surface area contributed by atoms with E-state index >= 15 is 0 Å². The zero-order valence-corrected chi connectivity index (χ0v) is 10.8. The molecular formula is C12H21N3O2. The minimum atomic E-state index is -0.178. The summed E-state index contributed by atoms with van der Waals surface area (Å²) in [5.74, 6) is 0.836. The second kappa shape index (κ2) is 5.06. The molecule has 0 aliphatic carbocycles. The van der Waals surface area contributed by atoms with Crippen LogP contribution in [0, 0.1) is 0 Å². The number of aliphatic hydroxyl groups is 1. The summed E-state index contributed by atoms with van der Waals surface area (Å²) in [5, 5.41) is 14.0. The van der Waals surface area contributed by atoms with E-state index in [9.17, 15) is 5.11 Å². The van der Waals surface area contributed by atoms with Crippen molar-refractivity contribution in [3.8, 4) is 5.88 Å². The van der Waals surface area contributed by atoms with Crippen molar-refractivity contribution < 1.29 is 9.84 Å². The average molecular weight is 239 g/mol. The van der Waals surface area contributed by atoms with Crippen LogP contribution < -0.4 is 4.74 Å². The van der Waals surface area contributed by atoms with Gasteiger partial charge in [-0.1, -0.05) is 6.92 Å². The highest BCUT2D eigenvalue weighted by molar-refractivity contribution is 5.31. The van der Waals surface area contributed by atoms with Gasteiger partial charge in [-0.2, -0.15) is 5.10 Å². The predicted molar refractivity (Wildman–Crippen MR) is 65.0 cm³/mol.